The van der Waals surface area contributed by atoms with Gasteiger partial charge in [-0.05, 0) is 37.3 Å². The van der Waals surface area contributed by atoms with Gasteiger partial charge in [0.1, 0.15) is 5.75 Å². The summed E-state index contributed by atoms with van der Waals surface area (Å²) in [6, 6.07) is 15.2. The molecule has 0 aliphatic carbocycles. The fourth-order valence-corrected chi connectivity index (χ4v) is 2.78. The number of ether oxygens (including phenoxy) is 1. The summed E-state index contributed by atoms with van der Waals surface area (Å²) < 4.78 is 10.4. The number of methoxy groups -OCH3 is 1. The number of nitrogens with one attached hydrogen (secondary N) is 2. The minimum atomic E-state index is -1.06. The van der Waals surface area contributed by atoms with Crippen LogP contribution >= 0.6 is 11.6 Å². The van der Waals surface area contributed by atoms with Crippen LogP contribution in [-0.2, 0) is 0 Å². The Kier molecular flexibility index (Phi) is 6.01. The first-order valence-corrected chi connectivity index (χ1v) is 8.91. The van der Waals surface area contributed by atoms with Gasteiger partial charge in [-0.1, -0.05) is 41.4 Å². The molecule has 3 aromatic rings. The molecule has 0 aliphatic rings. The minimum Gasteiger partial charge on any atom is -0.495 e. The van der Waals surface area contributed by atoms with E-state index in [9.17, 15) is 9.59 Å². The van der Waals surface area contributed by atoms with Crippen LogP contribution in [0.3, 0.4) is 0 Å². The van der Waals surface area contributed by atoms with Gasteiger partial charge in [-0.15, -0.1) is 0 Å². The molecule has 2 N–H and O–H groups in total. The van der Waals surface area contributed by atoms with Crippen molar-refractivity contribution in [1.82, 2.24) is 5.32 Å². The van der Waals surface area contributed by atoms with Crippen LogP contribution in [0.4, 0.5) is 5.69 Å². The van der Waals surface area contributed by atoms with Crippen molar-refractivity contribution in [2.45, 2.75) is 13.1 Å². The SMILES string of the molecule is COc1ccc(Cl)cc1N[C@@H](NC(=O)c1ccco1)C(=O)c1ccc(C)cc1. The number of ketones is 1. The zero-order valence-electron chi connectivity index (χ0n) is 15.4. The van der Waals surface area contributed by atoms with Gasteiger partial charge in [0.05, 0.1) is 19.1 Å². The molecule has 0 unspecified atom stereocenters. The van der Waals surface area contributed by atoms with Crippen molar-refractivity contribution in [2.24, 2.45) is 0 Å². The summed E-state index contributed by atoms with van der Waals surface area (Å²) in [4.78, 5) is 25.5. The van der Waals surface area contributed by atoms with Crippen LogP contribution in [-0.4, -0.2) is 25.0 Å². The lowest BCUT2D eigenvalue weighted by Crippen LogP contribution is -2.46. The van der Waals surface area contributed by atoms with Crippen LogP contribution in [0.1, 0.15) is 26.5 Å². The van der Waals surface area contributed by atoms with Gasteiger partial charge in [0.2, 0.25) is 5.78 Å². The monoisotopic (exact) mass is 398 g/mol. The molecular weight excluding hydrogens is 380 g/mol. The summed E-state index contributed by atoms with van der Waals surface area (Å²) >= 11 is 6.08. The third-order valence-electron chi connectivity index (χ3n) is 4.08. The van der Waals surface area contributed by atoms with E-state index >= 15 is 0 Å². The van der Waals surface area contributed by atoms with E-state index in [1.807, 2.05) is 19.1 Å². The van der Waals surface area contributed by atoms with Crippen LogP contribution in [0.2, 0.25) is 5.02 Å². The van der Waals surface area contributed by atoms with Crippen molar-refractivity contribution in [2.75, 3.05) is 12.4 Å². The van der Waals surface area contributed by atoms with E-state index in [0.29, 0.717) is 22.0 Å². The lowest BCUT2D eigenvalue weighted by molar-refractivity contribution is 0.0852. The Bertz CT molecular complexity index is 969. The minimum absolute atomic E-state index is 0.0987. The summed E-state index contributed by atoms with van der Waals surface area (Å²) in [5, 5.41) is 6.13. The van der Waals surface area contributed by atoms with E-state index in [1.54, 1.807) is 36.4 Å². The molecule has 0 saturated heterocycles. The fourth-order valence-electron chi connectivity index (χ4n) is 2.61. The Morgan fingerprint density at radius 1 is 1.11 bits per heavy atom. The van der Waals surface area contributed by atoms with E-state index in [-0.39, 0.29) is 11.5 Å². The molecule has 0 bridgehead atoms. The van der Waals surface area contributed by atoms with Crippen LogP contribution in [0.25, 0.3) is 0 Å². The lowest BCUT2D eigenvalue weighted by atomic mass is 10.1. The van der Waals surface area contributed by atoms with Crippen molar-refractivity contribution in [3.63, 3.8) is 0 Å². The number of carbonyl (C=O) groups excluding carboxylic acids is 2. The highest BCUT2D eigenvalue weighted by atomic mass is 35.5. The summed E-state index contributed by atoms with van der Waals surface area (Å²) in [6.07, 6.45) is 0.326. The standard InChI is InChI=1S/C21H19ClN2O4/c1-13-5-7-14(8-6-13)19(25)20(24-21(26)18-4-3-11-28-18)23-16-12-15(22)9-10-17(16)27-2/h3-12,20,23H,1-2H3,(H,24,26)/t20-/m0/s1. The van der Waals surface area contributed by atoms with Gasteiger partial charge in [0.25, 0.3) is 5.91 Å². The molecule has 0 spiro atoms. The van der Waals surface area contributed by atoms with E-state index in [2.05, 4.69) is 10.6 Å². The Morgan fingerprint density at radius 3 is 2.50 bits per heavy atom. The Hall–Kier alpha value is -3.25. The molecule has 28 heavy (non-hydrogen) atoms. The zero-order chi connectivity index (χ0) is 20.1. The molecule has 2 aromatic carbocycles. The number of furan rings is 1. The van der Waals surface area contributed by atoms with Crippen LogP contribution in [0.5, 0.6) is 5.75 Å². The van der Waals surface area contributed by atoms with E-state index < -0.39 is 12.1 Å². The molecule has 0 aliphatic heterocycles. The maximum absolute atomic E-state index is 13.1. The van der Waals surface area contributed by atoms with Gasteiger partial charge in [-0.25, -0.2) is 0 Å². The Morgan fingerprint density at radius 2 is 1.86 bits per heavy atom. The third kappa shape index (κ3) is 4.53. The van der Waals surface area contributed by atoms with Crippen molar-refractivity contribution >= 4 is 29.0 Å². The predicted octanol–water partition coefficient (Wildman–Crippen LogP) is 4.30. The number of halogens is 1. The summed E-state index contributed by atoms with van der Waals surface area (Å²) in [5.41, 5.74) is 1.95. The number of hydrogen-bond acceptors (Lipinski definition) is 5. The van der Waals surface area contributed by atoms with Crippen molar-refractivity contribution < 1.29 is 18.7 Å². The molecule has 0 fully saturated rings. The highest BCUT2D eigenvalue weighted by Gasteiger charge is 2.25. The van der Waals surface area contributed by atoms with Crippen molar-refractivity contribution in [1.29, 1.82) is 0 Å². The van der Waals surface area contributed by atoms with Crippen molar-refractivity contribution in [3.05, 3.63) is 82.8 Å². The maximum atomic E-state index is 13.1. The molecule has 6 nitrogen and oxygen atoms in total. The molecule has 1 aromatic heterocycles. The summed E-state index contributed by atoms with van der Waals surface area (Å²) in [6.45, 7) is 1.93. The average molecular weight is 399 g/mol. The van der Waals surface area contributed by atoms with Gasteiger partial charge in [0.15, 0.2) is 11.9 Å². The molecule has 7 heteroatoms. The van der Waals surface area contributed by atoms with Crippen LogP contribution in [0, 0.1) is 6.92 Å². The number of carbonyl (C=O) groups is 2. The number of amides is 1. The highest BCUT2D eigenvalue weighted by Crippen LogP contribution is 2.28. The van der Waals surface area contributed by atoms with E-state index in [4.69, 9.17) is 20.8 Å². The second-order valence-electron chi connectivity index (χ2n) is 6.10. The van der Waals surface area contributed by atoms with Gasteiger partial charge in [0, 0.05) is 10.6 Å². The Labute approximate surface area is 167 Å². The van der Waals surface area contributed by atoms with E-state index in [1.165, 1.54) is 19.4 Å². The molecule has 1 atom stereocenters. The first-order valence-electron chi connectivity index (χ1n) is 8.53. The van der Waals surface area contributed by atoms with Crippen LogP contribution in [0.15, 0.2) is 65.3 Å². The quantitative estimate of drug-likeness (QED) is 0.458. The third-order valence-corrected chi connectivity index (χ3v) is 4.32. The number of Topliss-reactive ketones (excluding diaryl/α,β-unsaturated/α-hetero) is 1. The number of aryl methyl sites for hydroxylation is 1. The molecule has 144 valence electrons. The molecule has 1 heterocycles. The predicted molar refractivity (Wildman–Crippen MR) is 107 cm³/mol. The first kappa shape index (κ1) is 19.5. The van der Waals surface area contributed by atoms with Gasteiger partial charge in [-0.3, -0.25) is 9.59 Å². The number of rotatable bonds is 7. The normalized spacial score (nSPS) is 11.5. The second kappa shape index (κ2) is 8.63. The lowest BCUT2D eigenvalue weighted by Gasteiger charge is -2.21. The molecule has 0 radical (unpaired) electrons. The molecule has 1 amide bonds. The highest BCUT2D eigenvalue weighted by molar-refractivity contribution is 6.31. The first-order chi connectivity index (χ1) is 13.5. The largest absolute Gasteiger partial charge is 0.495 e. The fraction of sp³-hybridized carbons (Fsp3) is 0.143. The van der Waals surface area contributed by atoms with Crippen LogP contribution < -0.4 is 15.4 Å². The topological polar surface area (TPSA) is 80.6 Å². The second-order valence-corrected chi connectivity index (χ2v) is 6.54. The smallest absolute Gasteiger partial charge is 0.288 e. The zero-order valence-corrected chi connectivity index (χ0v) is 16.1. The average Bonchev–Trinajstić information content (AvgIpc) is 3.23. The molecule has 3 rings (SSSR count). The van der Waals surface area contributed by atoms with E-state index in [0.717, 1.165) is 5.56 Å². The van der Waals surface area contributed by atoms with Gasteiger partial charge >= 0.3 is 0 Å². The van der Waals surface area contributed by atoms with Gasteiger partial charge in [-0.2, -0.15) is 0 Å². The molecular formula is C21H19ClN2O4. The number of anilines is 1. The summed E-state index contributed by atoms with van der Waals surface area (Å²) in [7, 11) is 1.51. The number of hydrogen-bond donors (Lipinski definition) is 2. The maximum Gasteiger partial charge on any atom is 0.288 e. The Balaban J connectivity index is 1.92. The molecule has 0 saturated carbocycles. The van der Waals surface area contributed by atoms with Crippen molar-refractivity contribution in [3.8, 4) is 5.75 Å². The number of benzene rings is 2. The summed E-state index contributed by atoms with van der Waals surface area (Å²) in [5.74, 6) is -0.259. The van der Waals surface area contributed by atoms with Gasteiger partial charge < -0.3 is 19.8 Å².